The summed E-state index contributed by atoms with van der Waals surface area (Å²) in [5, 5.41) is 5.91. The third-order valence-electron chi connectivity index (χ3n) is 4.91. The lowest BCUT2D eigenvalue weighted by Crippen LogP contribution is -2.50. The van der Waals surface area contributed by atoms with Crippen molar-refractivity contribution in [1.82, 2.24) is 14.5 Å². The highest BCUT2D eigenvalue weighted by atomic mass is 32.2. The molecule has 0 aromatic carbocycles. The number of H-pyrrole nitrogens is 1. The van der Waals surface area contributed by atoms with E-state index in [0.29, 0.717) is 37.6 Å². The van der Waals surface area contributed by atoms with Crippen molar-refractivity contribution in [3.63, 3.8) is 0 Å². The van der Waals surface area contributed by atoms with Crippen LogP contribution in [0.5, 0.6) is 5.75 Å². The minimum atomic E-state index is -3.25. The molecule has 1 aromatic rings. The van der Waals surface area contributed by atoms with E-state index in [2.05, 4.69) is 10.2 Å². The highest BCUT2D eigenvalue weighted by Gasteiger charge is 2.31. The quantitative estimate of drug-likeness (QED) is 0.829. The molecule has 8 nitrogen and oxygen atoms in total. The number of rotatable bonds is 5. The first kappa shape index (κ1) is 18.2. The first-order valence-electron chi connectivity index (χ1n) is 8.88. The number of hydrogen-bond acceptors (Lipinski definition) is 6. The summed E-state index contributed by atoms with van der Waals surface area (Å²) < 4.78 is 32.1. The van der Waals surface area contributed by atoms with Gasteiger partial charge in [-0.25, -0.2) is 13.5 Å². The molecule has 0 bridgehead atoms. The van der Waals surface area contributed by atoms with E-state index in [4.69, 9.17) is 4.74 Å². The zero-order chi connectivity index (χ0) is 18.0. The molecule has 3 rings (SSSR count). The Labute approximate surface area is 148 Å². The Hall–Kier alpha value is -1.61. The van der Waals surface area contributed by atoms with Crippen LogP contribution in [0.25, 0.3) is 0 Å². The Kier molecular flexibility index (Phi) is 5.33. The van der Waals surface area contributed by atoms with Gasteiger partial charge >= 0.3 is 5.56 Å². The fraction of sp³-hybridized carbons (Fsp3) is 0.750. The molecule has 0 atom stereocenters. The monoisotopic (exact) mass is 370 g/mol. The van der Waals surface area contributed by atoms with Crippen molar-refractivity contribution in [3.05, 3.63) is 16.6 Å². The number of anilines is 1. The second-order valence-corrected chi connectivity index (χ2v) is 9.41. The van der Waals surface area contributed by atoms with Gasteiger partial charge in [-0.05, 0) is 39.5 Å². The molecule has 1 aliphatic heterocycles. The Morgan fingerprint density at radius 3 is 2.44 bits per heavy atom. The fourth-order valence-corrected chi connectivity index (χ4v) is 4.64. The molecule has 0 amide bonds. The molecule has 0 spiro atoms. The van der Waals surface area contributed by atoms with Crippen molar-refractivity contribution >= 4 is 15.7 Å². The number of aromatic nitrogens is 2. The van der Waals surface area contributed by atoms with Crippen molar-refractivity contribution in [2.45, 2.75) is 50.9 Å². The summed E-state index contributed by atoms with van der Waals surface area (Å²) in [7, 11) is -3.25. The summed E-state index contributed by atoms with van der Waals surface area (Å²) in [5.41, 5.74) is 0.318. The average molecular weight is 370 g/mol. The summed E-state index contributed by atoms with van der Waals surface area (Å²) in [4.78, 5) is 14.2. The molecule has 9 heteroatoms. The van der Waals surface area contributed by atoms with Gasteiger partial charge in [-0.15, -0.1) is 0 Å². The van der Waals surface area contributed by atoms with Crippen LogP contribution < -0.4 is 15.2 Å². The highest BCUT2D eigenvalue weighted by molar-refractivity contribution is 7.89. The van der Waals surface area contributed by atoms with Crippen LogP contribution >= 0.6 is 0 Å². The summed E-state index contributed by atoms with van der Waals surface area (Å²) in [6, 6.07) is 0. The molecular formula is C16H26N4O4S. The van der Waals surface area contributed by atoms with E-state index >= 15 is 0 Å². The first-order valence-corrected chi connectivity index (χ1v) is 10.4. The Morgan fingerprint density at radius 1 is 1.20 bits per heavy atom. The van der Waals surface area contributed by atoms with Gasteiger partial charge in [0.15, 0.2) is 0 Å². The van der Waals surface area contributed by atoms with E-state index in [0.717, 1.165) is 25.7 Å². The van der Waals surface area contributed by atoms with Crippen LogP contribution in [0.3, 0.4) is 0 Å². The van der Waals surface area contributed by atoms with Gasteiger partial charge in [-0.3, -0.25) is 4.79 Å². The predicted octanol–water partition coefficient (Wildman–Crippen LogP) is 0.951. The van der Waals surface area contributed by atoms with Crippen LogP contribution in [0, 0.1) is 0 Å². The molecule has 2 heterocycles. The molecule has 1 aromatic heterocycles. The van der Waals surface area contributed by atoms with E-state index in [1.54, 1.807) is 20.0 Å². The van der Waals surface area contributed by atoms with Crippen LogP contribution in [-0.4, -0.2) is 60.5 Å². The maximum atomic E-state index is 12.3. The topological polar surface area (TPSA) is 95.6 Å². The summed E-state index contributed by atoms with van der Waals surface area (Å²) in [6.45, 7) is 5.20. The molecule has 1 aliphatic carbocycles. The maximum Gasteiger partial charge on any atom is 0.308 e. The van der Waals surface area contributed by atoms with Gasteiger partial charge in [-0.1, -0.05) is 0 Å². The standard InChI is InChI=1S/C16H26N4O4S/c1-12(2)25(22,23)20-9-7-19(8-10-20)14-11-17-18-16(21)15(14)24-13-5-3-4-6-13/h11-13H,3-10H2,1-2H3,(H,18,21). The number of nitrogens with zero attached hydrogens (tertiary/aromatic N) is 3. The molecule has 2 fully saturated rings. The van der Waals surface area contributed by atoms with Crippen molar-refractivity contribution in [2.75, 3.05) is 31.1 Å². The predicted molar refractivity (Wildman–Crippen MR) is 95.6 cm³/mol. The molecule has 0 unspecified atom stereocenters. The third-order valence-corrected chi connectivity index (χ3v) is 7.19. The Balaban J connectivity index is 1.75. The van der Waals surface area contributed by atoms with E-state index in [1.807, 2.05) is 4.90 Å². The SMILES string of the molecule is CC(C)S(=O)(=O)N1CCN(c2cn[nH]c(=O)c2OC2CCCC2)CC1. The number of ether oxygens (including phenoxy) is 1. The lowest BCUT2D eigenvalue weighted by atomic mass is 10.3. The smallest absolute Gasteiger partial charge is 0.308 e. The largest absolute Gasteiger partial charge is 0.483 e. The molecule has 140 valence electrons. The van der Waals surface area contributed by atoms with Crippen LogP contribution in [0.1, 0.15) is 39.5 Å². The second-order valence-electron chi connectivity index (χ2n) is 6.92. The van der Waals surface area contributed by atoms with E-state index in [-0.39, 0.29) is 11.7 Å². The first-order chi connectivity index (χ1) is 11.9. The minimum Gasteiger partial charge on any atom is -0.483 e. The third kappa shape index (κ3) is 3.82. The molecular weight excluding hydrogens is 344 g/mol. The van der Waals surface area contributed by atoms with Gasteiger partial charge in [0, 0.05) is 26.2 Å². The van der Waals surface area contributed by atoms with Crippen LogP contribution in [0.2, 0.25) is 0 Å². The van der Waals surface area contributed by atoms with Crippen molar-refractivity contribution in [1.29, 1.82) is 0 Å². The number of sulfonamides is 1. The highest BCUT2D eigenvalue weighted by Crippen LogP contribution is 2.29. The van der Waals surface area contributed by atoms with E-state index < -0.39 is 15.3 Å². The zero-order valence-corrected chi connectivity index (χ0v) is 15.6. The number of nitrogens with one attached hydrogen (secondary N) is 1. The normalized spacial score (nSPS) is 20.4. The van der Waals surface area contributed by atoms with Gasteiger partial charge in [0.1, 0.15) is 5.69 Å². The van der Waals surface area contributed by atoms with Crippen LogP contribution in [0.4, 0.5) is 5.69 Å². The van der Waals surface area contributed by atoms with Gasteiger partial charge < -0.3 is 9.64 Å². The van der Waals surface area contributed by atoms with Gasteiger partial charge in [0.2, 0.25) is 15.8 Å². The van der Waals surface area contributed by atoms with Crippen molar-refractivity contribution in [2.24, 2.45) is 0 Å². The molecule has 0 radical (unpaired) electrons. The minimum absolute atomic E-state index is 0.0739. The van der Waals surface area contributed by atoms with Crippen LogP contribution in [-0.2, 0) is 10.0 Å². The molecule has 1 saturated heterocycles. The van der Waals surface area contributed by atoms with E-state index in [1.165, 1.54) is 4.31 Å². The summed E-state index contributed by atoms with van der Waals surface area (Å²) in [5.74, 6) is 0.307. The van der Waals surface area contributed by atoms with Crippen molar-refractivity contribution < 1.29 is 13.2 Å². The summed E-state index contributed by atoms with van der Waals surface area (Å²) >= 11 is 0. The second kappa shape index (κ2) is 7.33. The van der Waals surface area contributed by atoms with Gasteiger partial charge in [0.25, 0.3) is 0 Å². The zero-order valence-electron chi connectivity index (χ0n) is 14.8. The lowest BCUT2D eigenvalue weighted by Gasteiger charge is -2.36. The average Bonchev–Trinajstić information content (AvgIpc) is 3.10. The Bertz CT molecular complexity index is 748. The Morgan fingerprint density at radius 2 is 1.84 bits per heavy atom. The van der Waals surface area contributed by atoms with Crippen molar-refractivity contribution in [3.8, 4) is 5.75 Å². The molecule has 2 aliphatic rings. The summed E-state index contributed by atoms with van der Waals surface area (Å²) in [6.07, 6.45) is 5.83. The maximum absolute atomic E-state index is 12.3. The van der Waals surface area contributed by atoms with Crippen LogP contribution in [0.15, 0.2) is 11.0 Å². The number of piperazine rings is 1. The molecule has 25 heavy (non-hydrogen) atoms. The number of hydrogen-bond donors (Lipinski definition) is 1. The lowest BCUT2D eigenvalue weighted by molar-refractivity contribution is 0.206. The van der Waals surface area contributed by atoms with E-state index in [9.17, 15) is 13.2 Å². The van der Waals surface area contributed by atoms with Gasteiger partial charge in [-0.2, -0.15) is 9.40 Å². The fourth-order valence-electron chi connectivity index (χ4n) is 3.37. The van der Waals surface area contributed by atoms with Gasteiger partial charge in [0.05, 0.1) is 17.6 Å². The molecule has 1 saturated carbocycles. The molecule has 1 N–H and O–H groups in total. The number of aromatic amines is 1.